The van der Waals surface area contributed by atoms with Gasteiger partial charge in [-0.3, -0.25) is 0 Å². The Morgan fingerprint density at radius 3 is 1.88 bits per heavy atom. The van der Waals surface area contributed by atoms with Crippen molar-refractivity contribution < 1.29 is 10.2 Å². The number of hydrogen-bond donors (Lipinski definition) is 2. The van der Waals surface area contributed by atoms with E-state index < -0.39 is 5.60 Å². The molecular formula is C30H52O2. The smallest absolute Gasteiger partial charge is 0.0737 e. The van der Waals surface area contributed by atoms with Crippen LogP contribution in [0.4, 0.5) is 0 Å². The van der Waals surface area contributed by atoms with Crippen LogP contribution in [0, 0.1) is 56.7 Å². The van der Waals surface area contributed by atoms with Crippen molar-refractivity contribution in [1.29, 1.82) is 0 Å². The molecule has 184 valence electrons. The third kappa shape index (κ3) is 2.51. The molecule has 0 saturated heterocycles. The molecule has 0 heterocycles. The SMILES string of the molecule is CC(C)[C@H]1CC[C@@]2(O)[C@H]3CC[C@@H]4[C@@]5(C)CC[C@H](O)C(C)(C)[C@@H]5CC[C@@]4(C)[C@]3(C)CC[C@]12C. The predicted molar refractivity (Wildman–Crippen MR) is 132 cm³/mol. The molecule has 0 radical (unpaired) electrons. The molecule has 10 atom stereocenters. The summed E-state index contributed by atoms with van der Waals surface area (Å²) in [6.45, 7) is 19.8. The summed E-state index contributed by atoms with van der Waals surface area (Å²) in [5, 5.41) is 23.4. The van der Waals surface area contributed by atoms with Crippen molar-refractivity contribution in [2.75, 3.05) is 0 Å². The van der Waals surface area contributed by atoms with E-state index in [0.29, 0.717) is 34.5 Å². The summed E-state index contributed by atoms with van der Waals surface area (Å²) in [6, 6.07) is 0. The summed E-state index contributed by atoms with van der Waals surface area (Å²) in [7, 11) is 0. The zero-order chi connectivity index (χ0) is 23.5. The third-order valence-electron chi connectivity index (χ3n) is 14.0. The monoisotopic (exact) mass is 444 g/mol. The van der Waals surface area contributed by atoms with E-state index in [-0.39, 0.29) is 22.3 Å². The van der Waals surface area contributed by atoms with Crippen LogP contribution in [-0.2, 0) is 0 Å². The van der Waals surface area contributed by atoms with E-state index in [0.717, 1.165) is 18.8 Å². The van der Waals surface area contributed by atoms with Crippen molar-refractivity contribution in [3.05, 3.63) is 0 Å². The molecule has 0 amide bonds. The Morgan fingerprint density at radius 2 is 1.22 bits per heavy atom. The number of hydrogen-bond acceptors (Lipinski definition) is 2. The lowest BCUT2D eigenvalue weighted by Gasteiger charge is -2.74. The van der Waals surface area contributed by atoms with Gasteiger partial charge in [0.2, 0.25) is 0 Å². The Morgan fingerprint density at radius 1 is 0.625 bits per heavy atom. The Hall–Kier alpha value is -0.0800. The maximum atomic E-state index is 12.5. The quantitative estimate of drug-likeness (QED) is 0.448. The molecule has 32 heavy (non-hydrogen) atoms. The van der Waals surface area contributed by atoms with E-state index in [1.807, 2.05) is 0 Å². The average molecular weight is 445 g/mol. The van der Waals surface area contributed by atoms with Gasteiger partial charge >= 0.3 is 0 Å². The van der Waals surface area contributed by atoms with Gasteiger partial charge in [-0.15, -0.1) is 0 Å². The molecule has 5 fully saturated rings. The molecule has 2 heteroatoms. The van der Waals surface area contributed by atoms with Gasteiger partial charge in [-0.25, -0.2) is 0 Å². The standard InChI is InChI=1S/C30H52O2/c1-19(2)20-11-16-30(32)23-10-9-22-26(5)14-13-24(31)25(3,4)21(26)12-15-28(22,7)29(23,8)18-17-27(20,30)6/h19-24,31-32H,9-18H2,1-8H3/t20-,21+,22-,23+,24+,26+,27-,28-,29-,30-/m1/s1. The molecule has 5 rings (SSSR count). The molecule has 0 bridgehead atoms. The van der Waals surface area contributed by atoms with Gasteiger partial charge in [-0.1, -0.05) is 55.4 Å². The molecule has 0 aromatic rings. The molecule has 5 saturated carbocycles. The molecule has 0 aromatic heterocycles. The zero-order valence-electron chi connectivity index (χ0n) is 22.4. The van der Waals surface area contributed by atoms with E-state index in [4.69, 9.17) is 0 Å². The molecule has 0 spiro atoms. The Labute approximate surface area is 198 Å². The van der Waals surface area contributed by atoms with Crippen LogP contribution in [0.25, 0.3) is 0 Å². The van der Waals surface area contributed by atoms with E-state index in [2.05, 4.69) is 55.4 Å². The number of aliphatic hydroxyl groups excluding tert-OH is 1. The van der Waals surface area contributed by atoms with Crippen molar-refractivity contribution in [3.63, 3.8) is 0 Å². The van der Waals surface area contributed by atoms with E-state index in [1.54, 1.807) is 0 Å². The maximum Gasteiger partial charge on any atom is 0.0737 e. The highest BCUT2D eigenvalue weighted by molar-refractivity contribution is 5.23. The summed E-state index contributed by atoms with van der Waals surface area (Å²) in [5.74, 6) is 3.11. The maximum absolute atomic E-state index is 12.5. The van der Waals surface area contributed by atoms with Crippen LogP contribution in [0.2, 0.25) is 0 Å². The lowest BCUT2D eigenvalue weighted by Crippen LogP contribution is -2.70. The molecule has 5 aliphatic rings. The molecule has 2 N–H and O–H groups in total. The van der Waals surface area contributed by atoms with Crippen LogP contribution in [0.1, 0.15) is 120 Å². The molecule has 5 aliphatic carbocycles. The van der Waals surface area contributed by atoms with Crippen LogP contribution in [0.3, 0.4) is 0 Å². The minimum absolute atomic E-state index is 0.0192. The molecule has 0 unspecified atom stereocenters. The zero-order valence-corrected chi connectivity index (χ0v) is 22.4. The second-order valence-corrected chi connectivity index (χ2v) is 15.2. The summed E-state index contributed by atoms with van der Waals surface area (Å²) in [5.41, 5.74) is 0.473. The highest BCUT2D eigenvalue weighted by Crippen LogP contribution is 2.78. The largest absolute Gasteiger partial charge is 0.393 e. The average Bonchev–Trinajstić information content (AvgIpc) is 2.98. The van der Waals surface area contributed by atoms with Gasteiger partial charge in [0, 0.05) is 0 Å². The van der Waals surface area contributed by atoms with Gasteiger partial charge < -0.3 is 10.2 Å². The van der Waals surface area contributed by atoms with Crippen LogP contribution < -0.4 is 0 Å². The summed E-state index contributed by atoms with van der Waals surface area (Å²) in [6.07, 6.45) is 11.7. The first-order chi connectivity index (χ1) is 14.7. The Bertz CT molecular complexity index is 773. The highest BCUT2D eigenvalue weighted by atomic mass is 16.3. The van der Waals surface area contributed by atoms with Crippen molar-refractivity contribution >= 4 is 0 Å². The van der Waals surface area contributed by atoms with Crippen LogP contribution in [-0.4, -0.2) is 21.9 Å². The summed E-state index contributed by atoms with van der Waals surface area (Å²) in [4.78, 5) is 0. The minimum Gasteiger partial charge on any atom is -0.393 e. The molecule has 0 aromatic carbocycles. The fourth-order valence-corrected chi connectivity index (χ4v) is 12.0. The van der Waals surface area contributed by atoms with Crippen molar-refractivity contribution in [2.24, 2.45) is 56.7 Å². The van der Waals surface area contributed by atoms with Gasteiger partial charge in [0.1, 0.15) is 0 Å². The van der Waals surface area contributed by atoms with Crippen molar-refractivity contribution in [1.82, 2.24) is 0 Å². The van der Waals surface area contributed by atoms with E-state index >= 15 is 0 Å². The molecule has 2 nitrogen and oxygen atoms in total. The first-order valence-corrected chi connectivity index (χ1v) is 14.1. The van der Waals surface area contributed by atoms with E-state index in [9.17, 15) is 10.2 Å². The van der Waals surface area contributed by atoms with Crippen molar-refractivity contribution in [2.45, 2.75) is 131 Å². The highest BCUT2D eigenvalue weighted by Gasteiger charge is 2.74. The lowest BCUT2D eigenvalue weighted by atomic mass is 9.32. The Balaban J connectivity index is 1.54. The second kappa shape index (κ2) is 6.77. The van der Waals surface area contributed by atoms with Gasteiger partial charge in [0.05, 0.1) is 11.7 Å². The van der Waals surface area contributed by atoms with Crippen LogP contribution in [0.15, 0.2) is 0 Å². The normalized spacial score (nSPS) is 59.2. The van der Waals surface area contributed by atoms with Crippen molar-refractivity contribution in [3.8, 4) is 0 Å². The van der Waals surface area contributed by atoms with Crippen LogP contribution in [0.5, 0.6) is 0 Å². The van der Waals surface area contributed by atoms with Gasteiger partial charge in [0.25, 0.3) is 0 Å². The lowest BCUT2D eigenvalue weighted by molar-refractivity contribution is -0.281. The fraction of sp³-hybridized carbons (Fsp3) is 1.00. The molecular weight excluding hydrogens is 392 g/mol. The van der Waals surface area contributed by atoms with Gasteiger partial charge in [0.15, 0.2) is 0 Å². The Kier molecular flexibility index (Phi) is 5.01. The number of aliphatic hydroxyl groups is 2. The summed E-state index contributed by atoms with van der Waals surface area (Å²) < 4.78 is 0. The summed E-state index contributed by atoms with van der Waals surface area (Å²) >= 11 is 0. The van der Waals surface area contributed by atoms with E-state index in [1.165, 1.54) is 51.4 Å². The topological polar surface area (TPSA) is 40.5 Å². The third-order valence-corrected chi connectivity index (χ3v) is 14.0. The number of fused-ring (bicyclic) bond motifs is 7. The minimum atomic E-state index is -0.483. The van der Waals surface area contributed by atoms with Gasteiger partial charge in [-0.2, -0.15) is 0 Å². The molecule has 0 aliphatic heterocycles. The predicted octanol–water partition coefficient (Wildman–Crippen LogP) is 7.22. The first kappa shape index (κ1) is 23.7. The fourth-order valence-electron chi connectivity index (χ4n) is 12.0. The first-order valence-electron chi connectivity index (χ1n) is 14.1. The van der Waals surface area contributed by atoms with Crippen LogP contribution >= 0.6 is 0 Å². The second-order valence-electron chi connectivity index (χ2n) is 15.2. The van der Waals surface area contributed by atoms with Gasteiger partial charge in [-0.05, 0) is 121 Å². The number of rotatable bonds is 1.